The molecule has 7 heteroatoms. The quantitative estimate of drug-likeness (QED) is 0.557. The maximum absolute atomic E-state index is 12.8. The minimum absolute atomic E-state index is 0.00871. The van der Waals surface area contributed by atoms with Crippen LogP contribution in [0.3, 0.4) is 0 Å². The minimum Gasteiger partial charge on any atom is -0.467 e. The Balaban J connectivity index is 1.90. The Bertz CT molecular complexity index is 985. The van der Waals surface area contributed by atoms with Gasteiger partial charge in [0.2, 0.25) is 0 Å². The molecule has 0 fully saturated rings. The standard InChI is InChI=1S/C23H23NO6/c1-23(2,3)30-21(27)15-9-7-8-14(12-15)13-18(22(28)29-4)24-19(25)16-10-5-6-11-17(16)20(24)26/h5-12,18H,13H2,1-4H3/t18-/m0/s1. The molecule has 0 radical (unpaired) electrons. The van der Waals surface area contributed by atoms with Gasteiger partial charge in [0.05, 0.1) is 23.8 Å². The predicted molar refractivity (Wildman–Crippen MR) is 108 cm³/mol. The van der Waals surface area contributed by atoms with Crippen molar-refractivity contribution in [2.75, 3.05) is 7.11 Å². The zero-order chi connectivity index (χ0) is 22.1. The van der Waals surface area contributed by atoms with Gasteiger partial charge in [-0.25, -0.2) is 9.59 Å². The number of carbonyl (C=O) groups is 4. The third-order valence-electron chi connectivity index (χ3n) is 4.60. The Morgan fingerprint density at radius 3 is 2.10 bits per heavy atom. The van der Waals surface area contributed by atoms with E-state index in [1.807, 2.05) is 0 Å². The number of carbonyl (C=O) groups excluding carboxylic acids is 4. The zero-order valence-corrected chi connectivity index (χ0v) is 17.3. The number of amides is 2. The predicted octanol–water partition coefficient (Wildman–Crippen LogP) is 3.02. The molecule has 0 aliphatic carbocycles. The van der Waals surface area contributed by atoms with Crippen LogP contribution in [-0.2, 0) is 20.7 Å². The van der Waals surface area contributed by atoms with Crippen molar-refractivity contribution in [3.8, 4) is 0 Å². The van der Waals surface area contributed by atoms with Crippen LogP contribution in [0.5, 0.6) is 0 Å². The van der Waals surface area contributed by atoms with Gasteiger partial charge in [0.1, 0.15) is 11.6 Å². The molecular formula is C23H23NO6. The molecule has 2 aromatic rings. The summed E-state index contributed by atoms with van der Waals surface area (Å²) in [6.45, 7) is 5.30. The summed E-state index contributed by atoms with van der Waals surface area (Å²) in [7, 11) is 1.20. The van der Waals surface area contributed by atoms with Gasteiger partial charge in [0, 0.05) is 6.42 Å². The number of imide groups is 1. The fourth-order valence-electron chi connectivity index (χ4n) is 3.29. The Labute approximate surface area is 174 Å². The van der Waals surface area contributed by atoms with Crippen LogP contribution in [0.25, 0.3) is 0 Å². The largest absolute Gasteiger partial charge is 0.467 e. The average Bonchev–Trinajstić information content (AvgIpc) is 2.95. The molecule has 3 rings (SSSR count). The van der Waals surface area contributed by atoms with Gasteiger partial charge in [0.15, 0.2) is 0 Å². The van der Waals surface area contributed by atoms with E-state index in [4.69, 9.17) is 9.47 Å². The number of hydrogen-bond acceptors (Lipinski definition) is 6. The lowest BCUT2D eigenvalue weighted by molar-refractivity contribution is -0.145. The van der Waals surface area contributed by atoms with E-state index in [0.29, 0.717) is 11.1 Å². The molecule has 0 saturated heterocycles. The van der Waals surface area contributed by atoms with E-state index in [1.165, 1.54) is 7.11 Å². The van der Waals surface area contributed by atoms with Gasteiger partial charge in [-0.15, -0.1) is 0 Å². The highest BCUT2D eigenvalue weighted by molar-refractivity contribution is 6.22. The van der Waals surface area contributed by atoms with Crippen molar-refractivity contribution in [1.29, 1.82) is 0 Å². The number of esters is 2. The first-order valence-electron chi connectivity index (χ1n) is 9.49. The first kappa shape index (κ1) is 21.2. The van der Waals surface area contributed by atoms with Gasteiger partial charge in [-0.1, -0.05) is 24.3 Å². The highest BCUT2D eigenvalue weighted by Gasteiger charge is 2.43. The van der Waals surface area contributed by atoms with Crippen molar-refractivity contribution in [2.45, 2.75) is 38.8 Å². The second-order valence-electron chi connectivity index (χ2n) is 7.97. The van der Waals surface area contributed by atoms with Gasteiger partial charge in [-0.05, 0) is 50.6 Å². The minimum atomic E-state index is -1.16. The van der Waals surface area contributed by atoms with E-state index in [9.17, 15) is 19.2 Å². The highest BCUT2D eigenvalue weighted by atomic mass is 16.6. The van der Waals surface area contributed by atoms with Crippen LogP contribution < -0.4 is 0 Å². The van der Waals surface area contributed by atoms with Gasteiger partial charge < -0.3 is 9.47 Å². The van der Waals surface area contributed by atoms with Crippen LogP contribution in [0.15, 0.2) is 48.5 Å². The molecule has 0 bridgehead atoms. The van der Waals surface area contributed by atoms with E-state index in [1.54, 1.807) is 69.3 Å². The third kappa shape index (κ3) is 4.25. The van der Waals surface area contributed by atoms with E-state index < -0.39 is 35.4 Å². The summed E-state index contributed by atoms with van der Waals surface area (Å²) in [4.78, 5) is 51.4. The summed E-state index contributed by atoms with van der Waals surface area (Å²) in [5.41, 5.74) is 0.749. The molecule has 0 N–H and O–H groups in total. The summed E-state index contributed by atoms with van der Waals surface area (Å²) < 4.78 is 10.2. The maximum Gasteiger partial charge on any atom is 0.338 e. The van der Waals surface area contributed by atoms with Gasteiger partial charge in [-0.3, -0.25) is 14.5 Å². The van der Waals surface area contributed by atoms with E-state index in [-0.39, 0.29) is 17.5 Å². The normalized spacial score (nSPS) is 14.3. The summed E-state index contributed by atoms with van der Waals surface area (Å²) in [5, 5.41) is 0. The van der Waals surface area contributed by atoms with Crippen LogP contribution in [0.4, 0.5) is 0 Å². The van der Waals surface area contributed by atoms with Crippen molar-refractivity contribution in [3.63, 3.8) is 0 Å². The van der Waals surface area contributed by atoms with Crippen LogP contribution in [0.1, 0.15) is 57.4 Å². The van der Waals surface area contributed by atoms with Gasteiger partial charge in [0.25, 0.3) is 11.8 Å². The number of fused-ring (bicyclic) bond motifs is 1. The van der Waals surface area contributed by atoms with Crippen molar-refractivity contribution in [3.05, 3.63) is 70.8 Å². The molecule has 0 aromatic heterocycles. The van der Waals surface area contributed by atoms with Crippen molar-refractivity contribution >= 4 is 23.8 Å². The van der Waals surface area contributed by atoms with Gasteiger partial charge >= 0.3 is 11.9 Å². The van der Waals surface area contributed by atoms with Crippen LogP contribution in [0.2, 0.25) is 0 Å². The smallest absolute Gasteiger partial charge is 0.338 e. The SMILES string of the molecule is COC(=O)[C@H](Cc1cccc(C(=O)OC(C)(C)C)c1)N1C(=O)c2ccccc2C1=O. The number of benzene rings is 2. The first-order valence-corrected chi connectivity index (χ1v) is 9.49. The average molecular weight is 409 g/mol. The molecule has 7 nitrogen and oxygen atoms in total. The highest BCUT2D eigenvalue weighted by Crippen LogP contribution is 2.26. The molecule has 1 atom stereocenters. The summed E-state index contributed by atoms with van der Waals surface area (Å²) in [5.74, 6) is -2.31. The van der Waals surface area contributed by atoms with E-state index in [2.05, 4.69) is 0 Å². The number of hydrogen-bond donors (Lipinski definition) is 0. The van der Waals surface area contributed by atoms with E-state index in [0.717, 1.165) is 4.90 Å². The van der Waals surface area contributed by atoms with Crippen LogP contribution in [0, 0.1) is 0 Å². The lowest BCUT2D eigenvalue weighted by atomic mass is 10.0. The molecule has 30 heavy (non-hydrogen) atoms. The molecule has 0 saturated carbocycles. The Morgan fingerprint density at radius 2 is 1.57 bits per heavy atom. The Hall–Kier alpha value is -3.48. The monoisotopic (exact) mass is 409 g/mol. The second kappa shape index (κ2) is 8.10. The fourth-order valence-corrected chi connectivity index (χ4v) is 3.29. The third-order valence-corrected chi connectivity index (χ3v) is 4.60. The maximum atomic E-state index is 12.8. The lowest BCUT2D eigenvalue weighted by Crippen LogP contribution is -2.46. The second-order valence-corrected chi connectivity index (χ2v) is 7.97. The molecule has 1 aliphatic heterocycles. The van der Waals surface area contributed by atoms with Gasteiger partial charge in [-0.2, -0.15) is 0 Å². The topological polar surface area (TPSA) is 90.0 Å². The summed E-state index contributed by atoms with van der Waals surface area (Å²) >= 11 is 0. The van der Waals surface area contributed by atoms with Crippen molar-refractivity contribution in [2.24, 2.45) is 0 Å². The van der Waals surface area contributed by atoms with Crippen molar-refractivity contribution < 1.29 is 28.7 Å². The Morgan fingerprint density at radius 1 is 0.967 bits per heavy atom. The lowest BCUT2D eigenvalue weighted by Gasteiger charge is -2.24. The first-order chi connectivity index (χ1) is 14.1. The molecule has 1 aliphatic rings. The molecule has 2 amide bonds. The number of nitrogens with zero attached hydrogens (tertiary/aromatic N) is 1. The number of ether oxygens (including phenoxy) is 2. The summed E-state index contributed by atoms with van der Waals surface area (Å²) in [6.07, 6.45) is 0.00871. The molecular weight excluding hydrogens is 386 g/mol. The van der Waals surface area contributed by atoms with Crippen LogP contribution >= 0.6 is 0 Å². The Kier molecular flexibility index (Phi) is 5.73. The van der Waals surface area contributed by atoms with Crippen molar-refractivity contribution in [1.82, 2.24) is 4.90 Å². The molecule has 0 unspecified atom stereocenters. The number of rotatable bonds is 5. The number of methoxy groups -OCH3 is 1. The molecule has 156 valence electrons. The van der Waals surface area contributed by atoms with Crippen LogP contribution in [-0.4, -0.2) is 47.4 Å². The summed E-state index contributed by atoms with van der Waals surface area (Å²) in [6, 6.07) is 11.8. The fraction of sp³-hybridized carbons (Fsp3) is 0.304. The van der Waals surface area contributed by atoms with E-state index >= 15 is 0 Å². The molecule has 0 spiro atoms. The molecule has 1 heterocycles. The zero-order valence-electron chi connectivity index (χ0n) is 17.3. The molecule has 2 aromatic carbocycles.